The van der Waals surface area contributed by atoms with Gasteiger partial charge in [0.1, 0.15) is 0 Å². The van der Waals surface area contributed by atoms with Crippen LogP contribution in [0.25, 0.3) is 0 Å². The van der Waals surface area contributed by atoms with Crippen molar-refractivity contribution in [2.75, 3.05) is 24.6 Å². The molecule has 0 radical (unpaired) electrons. The molecule has 0 rings (SSSR count). The summed E-state index contributed by atoms with van der Waals surface area (Å²) in [7, 11) is 3.32. The van der Waals surface area contributed by atoms with Crippen LogP contribution in [0.2, 0.25) is 0 Å². The third-order valence-corrected chi connectivity index (χ3v) is 5.57. The molecule has 0 atom stereocenters. The molecule has 0 aliphatic heterocycles. The molecule has 0 unspecified atom stereocenters. The number of unbranched alkanes of at least 4 members (excludes halogenated alkanes) is 4. The fourth-order valence-electron chi connectivity index (χ4n) is 1.81. The van der Waals surface area contributed by atoms with E-state index in [9.17, 15) is 9.59 Å². The quantitative estimate of drug-likeness (QED) is 0.264. The maximum Gasteiger partial charge on any atom is 0.221 e. The van der Waals surface area contributed by atoms with Crippen LogP contribution in [-0.2, 0) is 9.59 Å². The van der Waals surface area contributed by atoms with Gasteiger partial charge in [-0.15, -0.1) is 0 Å². The van der Waals surface area contributed by atoms with Gasteiger partial charge >= 0.3 is 0 Å². The predicted molar refractivity (Wildman–Crippen MR) is 104 cm³/mol. The Morgan fingerprint density at radius 2 is 1.52 bits per heavy atom. The van der Waals surface area contributed by atoms with Crippen LogP contribution in [-0.4, -0.2) is 36.4 Å². The highest BCUT2D eigenvalue weighted by molar-refractivity contribution is 8.76. The minimum absolute atomic E-state index is 0.0806. The lowest BCUT2D eigenvalue weighted by atomic mass is 10.1. The summed E-state index contributed by atoms with van der Waals surface area (Å²) < 4.78 is 0. The van der Waals surface area contributed by atoms with Gasteiger partial charge in [-0.25, -0.2) is 0 Å². The third kappa shape index (κ3) is 17.6. The van der Waals surface area contributed by atoms with E-state index in [-0.39, 0.29) is 11.8 Å². The Morgan fingerprint density at radius 1 is 0.913 bits per heavy atom. The van der Waals surface area contributed by atoms with Gasteiger partial charge in [0, 0.05) is 37.4 Å². The highest BCUT2D eigenvalue weighted by atomic mass is 33.1. The summed E-state index contributed by atoms with van der Waals surface area (Å²) in [6, 6.07) is 0. The Bertz CT molecular complexity index is 337. The maximum atomic E-state index is 11.6. The van der Waals surface area contributed by atoms with Crippen LogP contribution < -0.4 is 10.6 Å². The molecule has 0 spiro atoms. The van der Waals surface area contributed by atoms with Gasteiger partial charge in [0.2, 0.25) is 11.8 Å². The summed E-state index contributed by atoms with van der Waals surface area (Å²) >= 11 is 0. The van der Waals surface area contributed by atoms with E-state index in [2.05, 4.69) is 17.6 Å². The van der Waals surface area contributed by atoms with Crippen molar-refractivity contribution < 1.29 is 9.59 Å². The summed E-state index contributed by atoms with van der Waals surface area (Å²) in [5.74, 6) is 1.80. The summed E-state index contributed by atoms with van der Waals surface area (Å²) in [6.45, 7) is 5.54. The van der Waals surface area contributed by atoms with Gasteiger partial charge in [-0.05, 0) is 13.3 Å². The Balaban J connectivity index is 3.30. The average molecular weight is 361 g/mol. The third-order valence-electron chi connectivity index (χ3n) is 3.16. The first-order chi connectivity index (χ1) is 11.2. The highest BCUT2D eigenvalue weighted by Gasteiger charge is 2.02. The van der Waals surface area contributed by atoms with Crippen LogP contribution in [0.3, 0.4) is 0 Å². The van der Waals surface area contributed by atoms with Crippen LogP contribution in [0.1, 0.15) is 58.8 Å². The number of hydrogen-bond acceptors (Lipinski definition) is 4. The van der Waals surface area contributed by atoms with E-state index in [4.69, 9.17) is 0 Å². The first-order valence-electron chi connectivity index (χ1n) is 8.59. The normalized spacial score (nSPS) is 10.9. The highest BCUT2D eigenvalue weighted by Crippen LogP contribution is 2.22. The van der Waals surface area contributed by atoms with E-state index < -0.39 is 0 Å². The van der Waals surface area contributed by atoms with Gasteiger partial charge in [0.15, 0.2) is 0 Å². The zero-order chi connectivity index (χ0) is 17.2. The Labute approximate surface area is 149 Å². The molecular weight excluding hydrogens is 328 g/mol. The Morgan fingerprint density at radius 3 is 2.13 bits per heavy atom. The van der Waals surface area contributed by atoms with Crippen LogP contribution in [0, 0.1) is 0 Å². The van der Waals surface area contributed by atoms with Crippen LogP contribution in [0.5, 0.6) is 0 Å². The molecule has 134 valence electrons. The van der Waals surface area contributed by atoms with Crippen molar-refractivity contribution in [1.29, 1.82) is 0 Å². The number of allylic oxidation sites excluding steroid dienone is 1. The molecule has 0 aliphatic rings. The first-order valence-corrected chi connectivity index (χ1v) is 11.1. The molecule has 0 aromatic heterocycles. The van der Waals surface area contributed by atoms with E-state index in [1.165, 1.54) is 25.7 Å². The first kappa shape index (κ1) is 22.4. The second-order valence-corrected chi connectivity index (χ2v) is 7.98. The van der Waals surface area contributed by atoms with Crippen LogP contribution in [0.15, 0.2) is 12.2 Å². The van der Waals surface area contributed by atoms with Gasteiger partial charge in [-0.2, -0.15) is 0 Å². The number of carbonyl (C=O) groups is 2. The van der Waals surface area contributed by atoms with Crippen LogP contribution in [0.4, 0.5) is 0 Å². The molecule has 6 heteroatoms. The summed E-state index contributed by atoms with van der Waals surface area (Å²) in [4.78, 5) is 23.1. The molecule has 0 saturated carbocycles. The smallest absolute Gasteiger partial charge is 0.221 e. The standard InChI is InChI=1S/C17H32N2O2S2/c1-3-5-7-8-9-13-19-17(21)11-15-23-22-14-10-16(20)18-12-6-4-2/h4,6H,3,5,7-15H2,1-2H3,(H,18,20)(H,19,21)/b6-4+. The van der Waals surface area contributed by atoms with Gasteiger partial charge in [0.05, 0.1) is 0 Å². The minimum atomic E-state index is 0.0806. The van der Waals surface area contributed by atoms with Crippen molar-refractivity contribution in [2.24, 2.45) is 0 Å². The molecule has 0 heterocycles. The molecule has 0 bridgehead atoms. The molecular formula is C17H32N2O2S2. The van der Waals surface area contributed by atoms with Crippen molar-refractivity contribution in [3.63, 3.8) is 0 Å². The minimum Gasteiger partial charge on any atom is -0.356 e. The fourth-order valence-corrected chi connectivity index (χ4v) is 3.79. The van der Waals surface area contributed by atoms with Crippen molar-refractivity contribution in [3.05, 3.63) is 12.2 Å². The predicted octanol–water partition coefficient (Wildman–Crippen LogP) is 3.93. The van der Waals surface area contributed by atoms with Crippen molar-refractivity contribution in [2.45, 2.75) is 58.8 Å². The molecule has 0 aromatic rings. The van der Waals surface area contributed by atoms with Gasteiger partial charge < -0.3 is 10.6 Å². The van der Waals surface area contributed by atoms with Crippen LogP contribution >= 0.6 is 21.6 Å². The molecule has 0 aromatic carbocycles. The molecule has 0 fully saturated rings. The lowest BCUT2D eigenvalue weighted by molar-refractivity contribution is -0.121. The lowest BCUT2D eigenvalue weighted by Gasteiger charge is -2.05. The van der Waals surface area contributed by atoms with Gasteiger partial charge in [-0.1, -0.05) is 66.3 Å². The van der Waals surface area contributed by atoms with Gasteiger partial charge in [0.25, 0.3) is 0 Å². The summed E-state index contributed by atoms with van der Waals surface area (Å²) in [5, 5.41) is 5.79. The van der Waals surface area contributed by atoms with E-state index in [0.29, 0.717) is 19.4 Å². The van der Waals surface area contributed by atoms with E-state index >= 15 is 0 Å². The lowest BCUT2D eigenvalue weighted by Crippen LogP contribution is -2.24. The number of carbonyl (C=O) groups excluding carboxylic acids is 2. The number of hydrogen-bond donors (Lipinski definition) is 2. The van der Waals surface area contributed by atoms with Crippen molar-refractivity contribution >= 4 is 33.4 Å². The van der Waals surface area contributed by atoms with Crippen molar-refractivity contribution in [3.8, 4) is 0 Å². The second-order valence-electron chi connectivity index (χ2n) is 5.28. The number of nitrogens with one attached hydrogen (secondary N) is 2. The summed E-state index contributed by atoms with van der Waals surface area (Å²) in [6.07, 6.45) is 11.0. The average Bonchev–Trinajstić information content (AvgIpc) is 2.54. The van der Waals surface area contributed by atoms with Gasteiger partial charge in [-0.3, -0.25) is 9.59 Å². The Hall–Kier alpha value is -0.620. The molecule has 2 N–H and O–H groups in total. The van der Waals surface area contributed by atoms with E-state index in [0.717, 1.165) is 24.5 Å². The molecule has 23 heavy (non-hydrogen) atoms. The SMILES string of the molecule is C/C=C/CNC(=O)CCSSCCC(=O)NCCCCCCC. The fraction of sp³-hybridized carbons (Fsp3) is 0.765. The second kappa shape index (κ2) is 17.7. The monoisotopic (exact) mass is 360 g/mol. The topological polar surface area (TPSA) is 58.2 Å². The summed E-state index contributed by atoms with van der Waals surface area (Å²) in [5.41, 5.74) is 0. The maximum absolute atomic E-state index is 11.6. The zero-order valence-electron chi connectivity index (χ0n) is 14.6. The number of rotatable bonds is 15. The molecule has 0 aliphatic carbocycles. The van der Waals surface area contributed by atoms with E-state index in [1.807, 2.05) is 19.1 Å². The van der Waals surface area contributed by atoms with E-state index in [1.54, 1.807) is 21.6 Å². The molecule has 0 saturated heterocycles. The van der Waals surface area contributed by atoms with Crippen molar-refractivity contribution in [1.82, 2.24) is 10.6 Å². The Kier molecular flexibility index (Phi) is 17.3. The zero-order valence-corrected chi connectivity index (χ0v) is 16.2. The largest absolute Gasteiger partial charge is 0.356 e. The molecule has 4 nitrogen and oxygen atoms in total. The number of amides is 2. The molecule has 2 amide bonds.